The fraction of sp³-hybridized carbons (Fsp3) is 0.333. The third-order valence-electron chi connectivity index (χ3n) is 3.28. The van der Waals surface area contributed by atoms with Crippen LogP contribution in [-0.4, -0.2) is 25.6 Å². The maximum absolute atomic E-state index is 5.96. The van der Waals surface area contributed by atoms with Gasteiger partial charge in [-0.3, -0.25) is 4.90 Å². The lowest BCUT2D eigenvalue weighted by Gasteiger charge is -2.26. The van der Waals surface area contributed by atoms with E-state index in [1.165, 1.54) is 10.4 Å². The van der Waals surface area contributed by atoms with Crippen molar-refractivity contribution >= 4 is 27.3 Å². The summed E-state index contributed by atoms with van der Waals surface area (Å²) in [7, 11) is 3.80. The van der Waals surface area contributed by atoms with Crippen molar-refractivity contribution in [1.29, 1.82) is 0 Å². The number of hydrogen-bond acceptors (Lipinski definition) is 4. The van der Waals surface area contributed by atoms with Crippen LogP contribution >= 0.6 is 27.3 Å². The average Bonchev–Trinajstić information content (AvgIpc) is 2.86. The second-order valence-corrected chi connectivity index (χ2v) is 6.50. The predicted octanol–water partition coefficient (Wildman–Crippen LogP) is 3.65. The van der Waals surface area contributed by atoms with Crippen molar-refractivity contribution in [3.05, 3.63) is 50.6 Å². The van der Waals surface area contributed by atoms with Gasteiger partial charge in [-0.15, -0.1) is 11.3 Å². The van der Waals surface area contributed by atoms with Crippen molar-refractivity contribution in [3.8, 4) is 5.75 Å². The zero-order valence-corrected chi connectivity index (χ0v) is 14.1. The van der Waals surface area contributed by atoms with Crippen LogP contribution in [0, 0.1) is 0 Å². The molecule has 5 heteroatoms. The molecular weight excluding hydrogens is 336 g/mol. The number of nitrogens with zero attached hydrogens (tertiary/aromatic N) is 1. The monoisotopic (exact) mass is 354 g/mol. The van der Waals surface area contributed by atoms with Crippen molar-refractivity contribution in [1.82, 2.24) is 4.90 Å². The highest BCUT2D eigenvalue weighted by Crippen LogP contribution is 2.30. The Morgan fingerprint density at radius 3 is 2.75 bits per heavy atom. The van der Waals surface area contributed by atoms with Gasteiger partial charge in [-0.2, -0.15) is 0 Å². The Labute approximate surface area is 132 Å². The normalized spacial score (nSPS) is 12.7. The Kier molecular flexibility index (Phi) is 5.60. The first-order valence-electron chi connectivity index (χ1n) is 6.41. The minimum Gasteiger partial charge on any atom is -0.496 e. The first-order chi connectivity index (χ1) is 9.65. The van der Waals surface area contributed by atoms with Crippen LogP contribution in [0.3, 0.4) is 0 Å². The minimum atomic E-state index is 0.219. The van der Waals surface area contributed by atoms with Gasteiger partial charge in [0.05, 0.1) is 13.2 Å². The van der Waals surface area contributed by atoms with Gasteiger partial charge >= 0.3 is 0 Å². The lowest BCUT2D eigenvalue weighted by Crippen LogP contribution is -2.29. The van der Waals surface area contributed by atoms with Crippen LogP contribution in [0.1, 0.15) is 16.5 Å². The molecule has 1 heterocycles. The fourth-order valence-corrected chi connectivity index (χ4v) is 3.85. The molecule has 20 heavy (non-hydrogen) atoms. The Balaban J connectivity index is 2.15. The molecule has 1 aromatic heterocycles. The number of para-hydroxylation sites is 1. The van der Waals surface area contributed by atoms with Gasteiger partial charge in [-0.25, -0.2) is 0 Å². The van der Waals surface area contributed by atoms with Gasteiger partial charge in [0.1, 0.15) is 5.75 Å². The number of halogens is 1. The Hall–Kier alpha value is -0.880. The summed E-state index contributed by atoms with van der Waals surface area (Å²) in [4.78, 5) is 3.53. The first-order valence-corrected chi connectivity index (χ1v) is 8.09. The smallest absolute Gasteiger partial charge is 0.123 e. The van der Waals surface area contributed by atoms with E-state index in [1.807, 2.05) is 18.2 Å². The highest BCUT2D eigenvalue weighted by Gasteiger charge is 2.18. The number of methoxy groups -OCH3 is 1. The van der Waals surface area contributed by atoms with Crippen LogP contribution in [0.4, 0.5) is 0 Å². The maximum Gasteiger partial charge on any atom is 0.123 e. The Morgan fingerprint density at radius 1 is 1.40 bits per heavy atom. The molecule has 0 aliphatic rings. The molecule has 2 N–H and O–H groups in total. The zero-order chi connectivity index (χ0) is 14.5. The summed E-state index contributed by atoms with van der Waals surface area (Å²) in [6.45, 7) is 1.40. The highest BCUT2D eigenvalue weighted by atomic mass is 79.9. The van der Waals surface area contributed by atoms with E-state index in [4.69, 9.17) is 10.5 Å². The summed E-state index contributed by atoms with van der Waals surface area (Å²) in [5.74, 6) is 0.919. The largest absolute Gasteiger partial charge is 0.496 e. The number of likely N-dealkylation sites (N-methyl/N-ethyl adjacent to an activating group) is 1. The Morgan fingerprint density at radius 2 is 2.15 bits per heavy atom. The third kappa shape index (κ3) is 3.61. The molecule has 1 aromatic carbocycles. The van der Waals surface area contributed by atoms with Crippen LogP contribution in [0.5, 0.6) is 5.75 Å². The molecule has 0 radical (unpaired) electrons. The SMILES string of the molecule is COc1ccccc1CN(C)C(CN)c1cc(Br)cs1. The predicted molar refractivity (Wildman–Crippen MR) is 88.3 cm³/mol. The van der Waals surface area contributed by atoms with E-state index in [2.05, 4.69) is 45.4 Å². The van der Waals surface area contributed by atoms with Crippen LogP contribution in [0.2, 0.25) is 0 Å². The van der Waals surface area contributed by atoms with Crippen molar-refractivity contribution < 1.29 is 4.74 Å². The number of nitrogens with two attached hydrogens (primary N) is 1. The molecule has 0 fully saturated rings. The van der Waals surface area contributed by atoms with E-state index < -0.39 is 0 Å². The second kappa shape index (κ2) is 7.22. The number of thiophene rings is 1. The highest BCUT2D eigenvalue weighted by molar-refractivity contribution is 9.10. The molecule has 0 amide bonds. The van der Waals surface area contributed by atoms with Crippen LogP contribution in [-0.2, 0) is 6.54 Å². The molecule has 0 saturated heterocycles. The Bertz CT molecular complexity index is 558. The van der Waals surface area contributed by atoms with Gasteiger partial charge in [0.15, 0.2) is 0 Å². The van der Waals surface area contributed by atoms with Crippen LogP contribution < -0.4 is 10.5 Å². The van der Waals surface area contributed by atoms with Gasteiger partial charge in [-0.05, 0) is 35.1 Å². The quantitative estimate of drug-likeness (QED) is 0.860. The zero-order valence-electron chi connectivity index (χ0n) is 11.7. The molecule has 108 valence electrons. The molecule has 1 atom stereocenters. The van der Waals surface area contributed by atoms with E-state index in [9.17, 15) is 0 Å². The topological polar surface area (TPSA) is 38.5 Å². The average molecular weight is 355 g/mol. The van der Waals surface area contributed by atoms with Crippen molar-refractivity contribution in [2.24, 2.45) is 5.73 Å². The number of benzene rings is 1. The standard InChI is InChI=1S/C15H19BrN2OS/c1-18(9-11-5-3-4-6-14(11)19-2)13(8-17)15-7-12(16)10-20-15/h3-7,10,13H,8-9,17H2,1-2H3. The maximum atomic E-state index is 5.96. The van der Waals surface area contributed by atoms with Gasteiger partial charge < -0.3 is 10.5 Å². The summed E-state index contributed by atoms with van der Waals surface area (Å²) in [5.41, 5.74) is 7.13. The van der Waals surface area contributed by atoms with Gasteiger partial charge in [-0.1, -0.05) is 18.2 Å². The number of ether oxygens (including phenoxy) is 1. The molecule has 0 aliphatic carbocycles. The van der Waals surface area contributed by atoms with E-state index in [-0.39, 0.29) is 6.04 Å². The lowest BCUT2D eigenvalue weighted by atomic mass is 10.1. The fourth-order valence-electron chi connectivity index (χ4n) is 2.23. The van der Waals surface area contributed by atoms with E-state index in [0.29, 0.717) is 6.54 Å². The molecule has 0 aliphatic heterocycles. The van der Waals surface area contributed by atoms with E-state index in [1.54, 1.807) is 18.4 Å². The lowest BCUT2D eigenvalue weighted by molar-refractivity contribution is 0.241. The molecule has 0 spiro atoms. The van der Waals surface area contributed by atoms with Crippen LogP contribution in [0.25, 0.3) is 0 Å². The van der Waals surface area contributed by atoms with Gasteiger partial charge in [0, 0.05) is 33.4 Å². The molecule has 1 unspecified atom stereocenters. The summed E-state index contributed by atoms with van der Waals surface area (Å²) in [6, 6.07) is 10.5. The molecule has 0 bridgehead atoms. The summed E-state index contributed by atoms with van der Waals surface area (Å²) in [5, 5.41) is 2.09. The van der Waals surface area contributed by atoms with Crippen LogP contribution in [0.15, 0.2) is 40.2 Å². The van der Waals surface area contributed by atoms with Gasteiger partial charge in [0.25, 0.3) is 0 Å². The molecule has 3 nitrogen and oxygen atoms in total. The van der Waals surface area contributed by atoms with E-state index in [0.717, 1.165) is 16.8 Å². The third-order valence-corrected chi connectivity index (χ3v) is 5.08. The molecule has 2 rings (SSSR count). The minimum absolute atomic E-state index is 0.219. The van der Waals surface area contributed by atoms with Crippen molar-refractivity contribution in [2.75, 3.05) is 20.7 Å². The molecule has 2 aromatic rings. The number of hydrogen-bond donors (Lipinski definition) is 1. The molecular formula is C15H19BrN2OS. The summed E-state index contributed by atoms with van der Waals surface area (Å²) >= 11 is 5.23. The first kappa shape index (κ1) is 15.5. The summed E-state index contributed by atoms with van der Waals surface area (Å²) in [6.07, 6.45) is 0. The molecule has 0 saturated carbocycles. The van der Waals surface area contributed by atoms with Crippen molar-refractivity contribution in [2.45, 2.75) is 12.6 Å². The van der Waals surface area contributed by atoms with Crippen molar-refractivity contribution in [3.63, 3.8) is 0 Å². The number of rotatable bonds is 6. The van der Waals surface area contributed by atoms with E-state index >= 15 is 0 Å². The van der Waals surface area contributed by atoms with Gasteiger partial charge in [0.2, 0.25) is 0 Å². The second-order valence-electron chi connectivity index (χ2n) is 4.65. The summed E-state index contributed by atoms with van der Waals surface area (Å²) < 4.78 is 6.52.